The normalized spacial score (nSPS) is 11.1. The number of furan rings is 1. The highest BCUT2D eigenvalue weighted by atomic mass is 16.7. The lowest BCUT2D eigenvalue weighted by Gasteiger charge is -2.16. The van der Waals surface area contributed by atoms with Gasteiger partial charge >= 0.3 is 0 Å². The van der Waals surface area contributed by atoms with Crippen molar-refractivity contribution in [3.05, 3.63) is 66.2 Å². The molecule has 4 rings (SSSR count). The zero-order chi connectivity index (χ0) is 23.9. The summed E-state index contributed by atoms with van der Waals surface area (Å²) in [5, 5.41) is 8.41. The number of carbonyl (C=O) groups excluding carboxylic acids is 2. The van der Waals surface area contributed by atoms with Gasteiger partial charge < -0.3 is 13.9 Å². The van der Waals surface area contributed by atoms with Gasteiger partial charge in [0.05, 0.1) is 30.1 Å². The highest BCUT2D eigenvalue weighted by Gasteiger charge is 2.18. The first kappa shape index (κ1) is 23.1. The van der Waals surface area contributed by atoms with Gasteiger partial charge in [-0.2, -0.15) is 0 Å². The largest absolute Gasteiger partial charge is 0.463 e. The van der Waals surface area contributed by atoms with E-state index in [2.05, 4.69) is 26.1 Å². The second-order valence-corrected chi connectivity index (χ2v) is 7.12. The predicted octanol–water partition coefficient (Wildman–Crippen LogP) is 2.56. The van der Waals surface area contributed by atoms with Crippen LogP contribution >= 0.6 is 0 Å². The Morgan fingerprint density at radius 1 is 1.06 bits per heavy atom. The van der Waals surface area contributed by atoms with Crippen molar-refractivity contribution in [3.8, 4) is 11.5 Å². The number of para-hydroxylation sites is 1. The number of amides is 2. The summed E-state index contributed by atoms with van der Waals surface area (Å²) in [6.07, 6.45) is 2.48. The van der Waals surface area contributed by atoms with Gasteiger partial charge in [0.15, 0.2) is 17.7 Å². The second kappa shape index (κ2) is 10.7. The van der Waals surface area contributed by atoms with Crippen molar-refractivity contribution in [2.45, 2.75) is 26.7 Å². The van der Waals surface area contributed by atoms with Crippen LogP contribution in [-0.4, -0.2) is 51.3 Å². The van der Waals surface area contributed by atoms with E-state index in [1.807, 2.05) is 26.0 Å². The Morgan fingerprint density at radius 2 is 1.82 bits per heavy atom. The van der Waals surface area contributed by atoms with E-state index in [9.17, 15) is 9.59 Å². The van der Waals surface area contributed by atoms with Crippen molar-refractivity contribution in [3.63, 3.8) is 0 Å². The molecule has 3 aromatic heterocycles. The van der Waals surface area contributed by atoms with E-state index in [1.165, 1.54) is 17.1 Å². The zero-order valence-corrected chi connectivity index (χ0v) is 18.7. The highest BCUT2D eigenvalue weighted by molar-refractivity contribution is 6.07. The molecule has 0 unspecified atom stereocenters. The predicted molar refractivity (Wildman–Crippen MR) is 121 cm³/mol. The first-order valence-corrected chi connectivity index (χ1v) is 10.8. The number of aromatic nitrogens is 4. The minimum Gasteiger partial charge on any atom is -0.463 e. The Morgan fingerprint density at radius 3 is 2.56 bits per heavy atom. The maximum Gasteiger partial charge on any atom is 0.291 e. The van der Waals surface area contributed by atoms with E-state index in [0.717, 1.165) is 0 Å². The van der Waals surface area contributed by atoms with Crippen LogP contribution in [0.15, 0.2) is 59.3 Å². The lowest BCUT2D eigenvalue weighted by atomic mass is 10.1. The molecule has 0 bridgehead atoms. The molecule has 0 saturated carbocycles. The summed E-state index contributed by atoms with van der Waals surface area (Å²) in [6, 6.07) is 12.3. The lowest BCUT2D eigenvalue weighted by Crippen LogP contribution is -2.41. The Bertz CT molecular complexity index is 1260. The standard InChI is InChI=1S/C23H24N6O5/c1-3-32-21(33-4-2)14-29-13-19(25-28-29)23(31)27-26-22(30)16-12-18(20-10-7-11-34-20)24-17-9-6-5-8-15(16)17/h5-13,21H,3-4,14H2,1-2H3,(H,26,30)(H,27,31). The molecule has 0 spiro atoms. The first-order valence-electron chi connectivity index (χ1n) is 10.8. The van der Waals surface area contributed by atoms with E-state index in [4.69, 9.17) is 13.9 Å². The average molecular weight is 464 g/mol. The van der Waals surface area contributed by atoms with Crippen molar-refractivity contribution >= 4 is 22.7 Å². The molecule has 34 heavy (non-hydrogen) atoms. The number of nitrogens with zero attached hydrogens (tertiary/aromatic N) is 4. The summed E-state index contributed by atoms with van der Waals surface area (Å²) in [5.41, 5.74) is 6.28. The number of benzene rings is 1. The molecule has 176 valence electrons. The lowest BCUT2D eigenvalue weighted by molar-refractivity contribution is -0.145. The first-order chi connectivity index (χ1) is 16.6. The molecule has 3 heterocycles. The van der Waals surface area contributed by atoms with Crippen LogP contribution in [0, 0.1) is 0 Å². The number of hydrogen-bond donors (Lipinski definition) is 2. The molecule has 1 aromatic carbocycles. The molecule has 2 N–H and O–H groups in total. The number of hydrazine groups is 1. The maximum atomic E-state index is 13.0. The monoisotopic (exact) mass is 464 g/mol. The molecular weight excluding hydrogens is 440 g/mol. The molecule has 11 heteroatoms. The van der Waals surface area contributed by atoms with E-state index in [0.29, 0.717) is 41.1 Å². The van der Waals surface area contributed by atoms with Gasteiger partial charge in [0.2, 0.25) is 0 Å². The summed E-state index contributed by atoms with van der Waals surface area (Å²) in [7, 11) is 0. The van der Waals surface area contributed by atoms with Crippen molar-refractivity contribution < 1.29 is 23.5 Å². The highest BCUT2D eigenvalue weighted by Crippen LogP contribution is 2.25. The molecule has 0 aliphatic heterocycles. The van der Waals surface area contributed by atoms with Crippen molar-refractivity contribution in [1.29, 1.82) is 0 Å². The number of pyridine rings is 1. The molecule has 0 atom stereocenters. The summed E-state index contributed by atoms with van der Waals surface area (Å²) in [4.78, 5) is 30.0. The number of fused-ring (bicyclic) bond motifs is 1. The molecule has 11 nitrogen and oxygen atoms in total. The van der Waals surface area contributed by atoms with Crippen LogP contribution in [0.1, 0.15) is 34.7 Å². The third-order valence-electron chi connectivity index (χ3n) is 4.84. The van der Waals surface area contributed by atoms with Crippen molar-refractivity contribution in [1.82, 2.24) is 30.8 Å². The van der Waals surface area contributed by atoms with Gasteiger partial charge in [-0.1, -0.05) is 23.4 Å². The molecule has 4 aromatic rings. The number of ether oxygens (including phenoxy) is 2. The summed E-state index contributed by atoms with van der Waals surface area (Å²) < 4.78 is 17.8. The van der Waals surface area contributed by atoms with E-state index < -0.39 is 18.1 Å². The van der Waals surface area contributed by atoms with Crippen molar-refractivity contribution in [2.24, 2.45) is 0 Å². The van der Waals surface area contributed by atoms with Crippen LogP contribution in [0.25, 0.3) is 22.4 Å². The van der Waals surface area contributed by atoms with Gasteiger partial charge in [-0.05, 0) is 38.1 Å². The smallest absolute Gasteiger partial charge is 0.291 e. The Labute approximate surface area is 195 Å². The van der Waals surface area contributed by atoms with Crippen molar-refractivity contribution in [2.75, 3.05) is 13.2 Å². The Hall–Kier alpha value is -4.09. The van der Waals surface area contributed by atoms with Gasteiger partial charge in [-0.3, -0.25) is 20.4 Å². The molecule has 0 saturated heterocycles. The minimum atomic E-state index is -0.617. The second-order valence-electron chi connectivity index (χ2n) is 7.12. The summed E-state index contributed by atoms with van der Waals surface area (Å²) in [5.74, 6) is -0.605. The summed E-state index contributed by atoms with van der Waals surface area (Å²) in [6.45, 7) is 4.94. The molecule has 2 amide bonds. The number of nitrogens with one attached hydrogen (secondary N) is 2. The fraction of sp³-hybridized carbons (Fsp3) is 0.261. The van der Waals surface area contributed by atoms with Crippen LogP contribution in [0.5, 0.6) is 0 Å². The van der Waals surface area contributed by atoms with Crippen LogP contribution in [0.3, 0.4) is 0 Å². The maximum absolute atomic E-state index is 13.0. The quantitative estimate of drug-likeness (QED) is 0.285. The molecular formula is C23H24N6O5. The van der Waals surface area contributed by atoms with Crippen LogP contribution in [-0.2, 0) is 16.0 Å². The number of hydrogen-bond acceptors (Lipinski definition) is 8. The minimum absolute atomic E-state index is 0.0305. The topological polar surface area (TPSA) is 133 Å². The molecule has 0 radical (unpaired) electrons. The molecule has 0 fully saturated rings. The third-order valence-corrected chi connectivity index (χ3v) is 4.84. The van der Waals surface area contributed by atoms with E-state index in [-0.39, 0.29) is 12.2 Å². The van der Waals surface area contributed by atoms with Crippen LogP contribution in [0.4, 0.5) is 0 Å². The Balaban J connectivity index is 1.46. The fourth-order valence-corrected chi connectivity index (χ4v) is 3.33. The van der Waals surface area contributed by atoms with Gasteiger partial charge in [-0.15, -0.1) is 5.10 Å². The van der Waals surface area contributed by atoms with Crippen LogP contribution in [0.2, 0.25) is 0 Å². The molecule has 0 aliphatic carbocycles. The number of carbonyl (C=O) groups is 2. The van der Waals surface area contributed by atoms with E-state index >= 15 is 0 Å². The third kappa shape index (κ3) is 5.27. The van der Waals surface area contributed by atoms with Gasteiger partial charge in [0, 0.05) is 18.6 Å². The average Bonchev–Trinajstić information content (AvgIpc) is 3.55. The summed E-state index contributed by atoms with van der Waals surface area (Å²) >= 11 is 0. The molecule has 0 aliphatic rings. The Kier molecular flexibility index (Phi) is 7.25. The van der Waals surface area contributed by atoms with Crippen LogP contribution < -0.4 is 10.9 Å². The zero-order valence-electron chi connectivity index (χ0n) is 18.7. The number of rotatable bonds is 9. The van der Waals surface area contributed by atoms with Gasteiger partial charge in [0.1, 0.15) is 5.69 Å². The SMILES string of the molecule is CCOC(Cn1cc(C(=O)NNC(=O)c2cc(-c3ccco3)nc3ccccc23)nn1)OCC. The fourth-order valence-electron chi connectivity index (χ4n) is 3.33. The van der Waals surface area contributed by atoms with E-state index in [1.54, 1.807) is 30.3 Å². The van der Waals surface area contributed by atoms with Gasteiger partial charge in [0.25, 0.3) is 11.8 Å². The van der Waals surface area contributed by atoms with Gasteiger partial charge in [-0.25, -0.2) is 9.67 Å².